The Hall–Kier alpha value is -1.95. The van der Waals surface area contributed by atoms with Gasteiger partial charge in [0.15, 0.2) is 0 Å². The number of nitrogens with zero attached hydrogens (tertiary/aromatic N) is 1. The number of likely N-dealkylation sites (tertiary alicyclic amines) is 1. The summed E-state index contributed by atoms with van der Waals surface area (Å²) in [5.74, 6) is -1.01. The number of hydrogen-bond acceptors (Lipinski definition) is 3. The van der Waals surface area contributed by atoms with Crippen LogP contribution >= 0.6 is 0 Å². The zero-order valence-electron chi connectivity index (χ0n) is 13.5. The van der Waals surface area contributed by atoms with E-state index in [1.165, 1.54) is 24.3 Å². The largest absolute Gasteiger partial charge is 0.393 e. The predicted molar refractivity (Wildman–Crippen MR) is 84.3 cm³/mol. The van der Waals surface area contributed by atoms with Gasteiger partial charge in [0.05, 0.1) is 6.10 Å². The van der Waals surface area contributed by atoms with Gasteiger partial charge in [0.25, 0.3) is 5.91 Å². The lowest BCUT2D eigenvalue weighted by atomic mass is 10.00. The lowest BCUT2D eigenvalue weighted by Gasteiger charge is -2.34. The zero-order valence-corrected chi connectivity index (χ0v) is 13.5. The Balaban J connectivity index is 2.04. The molecule has 23 heavy (non-hydrogen) atoms. The van der Waals surface area contributed by atoms with E-state index in [1.54, 1.807) is 4.90 Å². The molecular weight excluding hydrogens is 299 g/mol. The molecule has 0 radical (unpaired) electrons. The van der Waals surface area contributed by atoms with Gasteiger partial charge in [0, 0.05) is 18.7 Å². The number of piperidine rings is 1. The molecule has 6 heteroatoms. The van der Waals surface area contributed by atoms with Crippen LogP contribution in [-0.2, 0) is 4.79 Å². The van der Waals surface area contributed by atoms with Crippen molar-refractivity contribution in [2.75, 3.05) is 13.1 Å². The van der Waals surface area contributed by atoms with Crippen LogP contribution < -0.4 is 5.32 Å². The molecule has 126 valence electrons. The second-order valence-electron chi connectivity index (χ2n) is 6.26. The van der Waals surface area contributed by atoms with E-state index in [9.17, 15) is 19.1 Å². The molecule has 1 aliphatic rings. The molecule has 1 heterocycles. The fraction of sp³-hybridized carbons (Fsp3) is 0.529. The fourth-order valence-electron chi connectivity index (χ4n) is 2.62. The Kier molecular flexibility index (Phi) is 5.71. The average Bonchev–Trinajstić information content (AvgIpc) is 2.53. The van der Waals surface area contributed by atoms with Crippen LogP contribution in [0.5, 0.6) is 0 Å². The summed E-state index contributed by atoms with van der Waals surface area (Å²) in [6, 6.07) is 4.58. The summed E-state index contributed by atoms with van der Waals surface area (Å²) < 4.78 is 12.9. The maximum Gasteiger partial charge on any atom is 0.251 e. The average molecular weight is 322 g/mol. The Bertz CT molecular complexity index is 551. The summed E-state index contributed by atoms with van der Waals surface area (Å²) in [5, 5.41) is 12.3. The van der Waals surface area contributed by atoms with E-state index in [2.05, 4.69) is 5.32 Å². The number of carbonyl (C=O) groups excluding carboxylic acids is 2. The van der Waals surface area contributed by atoms with Crippen LogP contribution in [0.15, 0.2) is 24.3 Å². The Labute approximate surface area is 135 Å². The second-order valence-corrected chi connectivity index (χ2v) is 6.26. The van der Waals surface area contributed by atoms with Crippen molar-refractivity contribution in [3.8, 4) is 0 Å². The minimum absolute atomic E-state index is 0.0706. The predicted octanol–water partition coefficient (Wildman–Crippen LogP) is 1.56. The number of nitrogens with one attached hydrogen (secondary N) is 1. The van der Waals surface area contributed by atoms with Crippen molar-refractivity contribution in [2.24, 2.45) is 5.92 Å². The van der Waals surface area contributed by atoms with Crippen LogP contribution in [-0.4, -0.2) is 47.1 Å². The van der Waals surface area contributed by atoms with Crippen LogP contribution in [0.3, 0.4) is 0 Å². The van der Waals surface area contributed by atoms with Crippen molar-refractivity contribution in [3.05, 3.63) is 35.6 Å². The normalized spacial score (nSPS) is 17.2. The smallest absolute Gasteiger partial charge is 0.251 e. The Morgan fingerprint density at radius 2 is 1.78 bits per heavy atom. The van der Waals surface area contributed by atoms with E-state index in [0.717, 1.165) is 0 Å². The lowest BCUT2D eigenvalue weighted by Crippen LogP contribution is -2.53. The third kappa shape index (κ3) is 4.51. The van der Waals surface area contributed by atoms with Crippen molar-refractivity contribution in [2.45, 2.75) is 38.8 Å². The third-order valence-electron chi connectivity index (χ3n) is 4.10. The topological polar surface area (TPSA) is 69.6 Å². The number of hydrogen-bond donors (Lipinski definition) is 2. The zero-order chi connectivity index (χ0) is 17.0. The van der Waals surface area contributed by atoms with Crippen molar-refractivity contribution in [1.82, 2.24) is 10.2 Å². The van der Waals surface area contributed by atoms with Crippen LogP contribution in [0.4, 0.5) is 4.39 Å². The molecule has 0 saturated carbocycles. The van der Waals surface area contributed by atoms with Gasteiger partial charge in [-0.15, -0.1) is 0 Å². The Morgan fingerprint density at radius 3 is 2.30 bits per heavy atom. The third-order valence-corrected chi connectivity index (χ3v) is 4.10. The summed E-state index contributed by atoms with van der Waals surface area (Å²) in [7, 11) is 0. The SMILES string of the molecule is CC(C)C(NC(=O)c1ccc(F)cc1)C(=O)N1CCC(O)CC1. The fourth-order valence-corrected chi connectivity index (χ4v) is 2.62. The van der Waals surface area contributed by atoms with E-state index in [4.69, 9.17) is 0 Å². The number of benzene rings is 1. The summed E-state index contributed by atoms with van der Waals surface area (Å²) in [4.78, 5) is 26.6. The van der Waals surface area contributed by atoms with Gasteiger partial charge in [-0.05, 0) is 43.0 Å². The van der Waals surface area contributed by atoms with Gasteiger partial charge in [-0.1, -0.05) is 13.8 Å². The highest BCUT2D eigenvalue weighted by molar-refractivity contribution is 5.97. The van der Waals surface area contributed by atoms with Crippen LogP contribution in [0.2, 0.25) is 0 Å². The second kappa shape index (κ2) is 7.55. The van der Waals surface area contributed by atoms with Crippen molar-refractivity contribution >= 4 is 11.8 Å². The Morgan fingerprint density at radius 1 is 1.22 bits per heavy atom. The molecule has 1 aromatic rings. The first-order chi connectivity index (χ1) is 10.9. The maximum absolute atomic E-state index is 12.9. The van der Waals surface area contributed by atoms with E-state index in [-0.39, 0.29) is 17.9 Å². The van der Waals surface area contributed by atoms with Gasteiger partial charge >= 0.3 is 0 Å². The molecule has 1 saturated heterocycles. The maximum atomic E-state index is 12.9. The first-order valence-corrected chi connectivity index (χ1v) is 7.91. The van der Waals surface area contributed by atoms with Gasteiger partial charge in [0.1, 0.15) is 11.9 Å². The molecule has 1 aromatic carbocycles. The summed E-state index contributed by atoms with van der Waals surface area (Å²) >= 11 is 0. The molecule has 2 amide bonds. The number of carbonyl (C=O) groups is 2. The van der Waals surface area contributed by atoms with Gasteiger partial charge in [-0.25, -0.2) is 4.39 Å². The molecular formula is C17H23FN2O3. The molecule has 1 aliphatic heterocycles. The molecule has 2 rings (SSSR count). The van der Waals surface area contributed by atoms with Crippen LogP contribution in [0, 0.1) is 11.7 Å². The first-order valence-electron chi connectivity index (χ1n) is 7.91. The van der Waals surface area contributed by atoms with E-state index in [0.29, 0.717) is 31.5 Å². The molecule has 1 atom stereocenters. The highest BCUT2D eigenvalue weighted by atomic mass is 19.1. The molecule has 2 N–H and O–H groups in total. The molecule has 1 fully saturated rings. The van der Waals surface area contributed by atoms with Crippen molar-refractivity contribution < 1.29 is 19.1 Å². The monoisotopic (exact) mass is 322 g/mol. The number of aliphatic hydroxyl groups excluding tert-OH is 1. The minimum Gasteiger partial charge on any atom is -0.393 e. The molecule has 5 nitrogen and oxygen atoms in total. The summed E-state index contributed by atoms with van der Waals surface area (Å²) in [6.07, 6.45) is 0.760. The van der Waals surface area contributed by atoms with E-state index < -0.39 is 17.8 Å². The van der Waals surface area contributed by atoms with Gasteiger partial charge in [0.2, 0.25) is 5.91 Å². The van der Waals surface area contributed by atoms with Gasteiger partial charge in [-0.2, -0.15) is 0 Å². The number of rotatable bonds is 4. The first kappa shape index (κ1) is 17.4. The quantitative estimate of drug-likeness (QED) is 0.884. The number of halogens is 1. The molecule has 0 spiro atoms. The summed E-state index contributed by atoms with van der Waals surface area (Å²) in [6.45, 7) is 4.73. The van der Waals surface area contributed by atoms with Crippen LogP contribution in [0.25, 0.3) is 0 Å². The molecule has 0 aromatic heterocycles. The van der Waals surface area contributed by atoms with Gasteiger partial charge in [-0.3, -0.25) is 9.59 Å². The minimum atomic E-state index is -0.636. The lowest BCUT2D eigenvalue weighted by molar-refractivity contribution is -0.136. The standard InChI is InChI=1S/C17H23FN2O3/c1-11(2)15(17(23)20-9-7-14(21)8-10-20)19-16(22)12-3-5-13(18)6-4-12/h3-6,11,14-15,21H,7-10H2,1-2H3,(H,19,22). The van der Waals surface area contributed by atoms with E-state index in [1.807, 2.05) is 13.8 Å². The molecule has 1 unspecified atom stereocenters. The van der Waals surface area contributed by atoms with Gasteiger partial charge < -0.3 is 15.3 Å². The highest BCUT2D eigenvalue weighted by Crippen LogP contribution is 2.14. The number of aliphatic hydroxyl groups is 1. The highest BCUT2D eigenvalue weighted by Gasteiger charge is 2.30. The number of amides is 2. The molecule has 0 bridgehead atoms. The van der Waals surface area contributed by atoms with Crippen molar-refractivity contribution in [1.29, 1.82) is 0 Å². The molecule has 0 aliphatic carbocycles. The summed E-state index contributed by atoms with van der Waals surface area (Å²) in [5.41, 5.74) is 0.318. The van der Waals surface area contributed by atoms with Crippen molar-refractivity contribution in [3.63, 3.8) is 0 Å². The van der Waals surface area contributed by atoms with Crippen LogP contribution in [0.1, 0.15) is 37.0 Å². The van der Waals surface area contributed by atoms with E-state index >= 15 is 0 Å².